The smallest absolute Gasteiger partial charge is 0.114 e. The summed E-state index contributed by atoms with van der Waals surface area (Å²) in [7, 11) is 0. The van der Waals surface area contributed by atoms with Crippen LogP contribution in [0.4, 0.5) is 0 Å². The molecule has 0 aromatic carbocycles. The van der Waals surface area contributed by atoms with Crippen molar-refractivity contribution in [2.75, 3.05) is 6.00 Å². The molecule has 0 heterocycles. The Morgan fingerprint density at radius 3 is 2.11 bits per heavy atom. The van der Waals surface area contributed by atoms with E-state index in [-0.39, 0.29) is 5.41 Å². The minimum atomic E-state index is 0.162. The molecule has 0 atom stereocenters. The van der Waals surface area contributed by atoms with Gasteiger partial charge >= 0.3 is 0 Å². The van der Waals surface area contributed by atoms with Gasteiger partial charge in [0.05, 0.1) is 3.72 Å². The first-order chi connectivity index (χ1) is 3.98. The molecule has 0 spiro atoms. The van der Waals surface area contributed by atoms with Gasteiger partial charge in [0.15, 0.2) is 0 Å². The third-order valence-electron chi connectivity index (χ3n) is 0.817. The SMILES string of the molecule is CC(C)(C)/C(I)=N/CCl. The third kappa shape index (κ3) is 4.14. The maximum Gasteiger partial charge on any atom is 0.114 e. The quantitative estimate of drug-likeness (QED) is 0.297. The molecule has 0 rings (SSSR count). The first kappa shape index (κ1) is 9.69. The number of halogens is 2. The lowest BCUT2D eigenvalue weighted by Gasteiger charge is -2.15. The zero-order chi connectivity index (χ0) is 7.49. The zero-order valence-corrected chi connectivity index (χ0v) is 8.82. The van der Waals surface area contributed by atoms with Crippen LogP contribution in [-0.2, 0) is 0 Å². The number of aliphatic imine (C=N–C) groups is 1. The molecule has 0 aliphatic carbocycles. The van der Waals surface area contributed by atoms with E-state index >= 15 is 0 Å². The Labute approximate surface area is 75.0 Å². The van der Waals surface area contributed by atoms with Crippen LogP contribution >= 0.6 is 34.2 Å². The molecular weight excluding hydrogens is 248 g/mol. The molecular formula is C6H11ClIN. The van der Waals surface area contributed by atoms with Gasteiger partial charge in [0.2, 0.25) is 0 Å². The number of rotatable bonds is 1. The summed E-state index contributed by atoms with van der Waals surface area (Å²) >= 11 is 7.62. The Balaban J connectivity index is 4.03. The molecule has 0 saturated heterocycles. The normalized spacial score (nSPS) is 14.1. The lowest BCUT2D eigenvalue weighted by molar-refractivity contribution is 0.603. The van der Waals surface area contributed by atoms with Crippen LogP contribution in [0, 0.1) is 5.41 Å². The number of nitrogens with zero attached hydrogens (tertiary/aromatic N) is 1. The lowest BCUT2D eigenvalue weighted by atomic mass is 9.99. The highest BCUT2D eigenvalue weighted by Crippen LogP contribution is 2.20. The molecule has 0 fully saturated rings. The van der Waals surface area contributed by atoms with Gasteiger partial charge in [0.1, 0.15) is 6.00 Å². The van der Waals surface area contributed by atoms with E-state index in [9.17, 15) is 0 Å². The first-order valence-electron chi connectivity index (χ1n) is 2.75. The molecule has 0 aliphatic rings. The van der Waals surface area contributed by atoms with Gasteiger partial charge in [-0.25, -0.2) is 0 Å². The van der Waals surface area contributed by atoms with E-state index in [1.54, 1.807) is 0 Å². The van der Waals surface area contributed by atoms with E-state index in [1.807, 2.05) is 0 Å². The molecule has 0 aliphatic heterocycles. The second-order valence-corrected chi connectivity index (χ2v) is 4.08. The van der Waals surface area contributed by atoms with Gasteiger partial charge in [0.25, 0.3) is 0 Å². The van der Waals surface area contributed by atoms with E-state index in [2.05, 4.69) is 48.4 Å². The predicted molar refractivity (Wildman–Crippen MR) is 51.6 cm³/mol. The van der Waals surface area contributed by atoms with Gasteiger partial charge in [-0.3, -0.25) is 4.99 Å². The van der Waals surface area contributed by atoms with Crippen LogP contribution in [0.5, 0.6) is 0 Å². The van der Waals surface area contributed by atoms with E-state index in [4.69, 9.17) is 11.6 Å². The van der Waals surface area contributed by atoms with Crippen LogP contribution in [0.15, 0.2) is 4.99 Å². The predicted octanol–water partition coefficient (Wildman–Crippen LogP) is 3.06. The van der Waals surface area contributed by atoms with Crippen LogP contribution in [0.3, 0.4) is 0 Å². The van der Waals surface area contributed by atoms with Crippen molar-refractivity contribution in [3.63, 3.8) is 0 Å². The molecule has 0 aromatic heterocycles. The Hall–Kier alpha value is 0.690. The van der Waals surface area contributed by atoms with Gasteiger partial charge < -0.3 is 0 Å². The van der Waals surface area contributed by atoms with Crippen molar-refractivity contribution in [3.05, 3.63) is 0 Å². The van der Waals surface area contributed by atoms with Gasteiger partial charge in [-0.1, -0.05) is 20.8 Å². The Morgan fingerprint density at radius 1 is 1.56 bits per heavy atom. The summed E-state index contributed by atoms with van der Waals surface area (Å²) in [5.74, 6) is 0. The summed E-state index contributed by atoms with van der Waals surface area (Å²) in [4.78, 5) is 4.06. The molecule has 0 N–H and O–H groups in total. The van der Waals surface area contributed by atoms with Crippen molar-refractivity contribution in [2.24, 2.45) is 10.4 Å². The van der Waals surface area contributed by atoms with Crippen molar-refractivity contribution in [3.8, 4) is 0 Å². The van der Waals surface area contributed by atoms with Crippen LogP contribution in [0.2, 0.25) is 0 Å². The highest BCUT2D eigenvalue weighted by Gasteiger charge is 2.14. The van der Waals surface area contributed by atoms with Crippen molar-refractivity contribution < 1.29 is 0 Å². The van der Waals surface area contributed by atoms with Crippen LogP contribution < -0.4 is 0 Å². The van der Waals surface area contributed by atoms with E-state index in [0.29, 0.717) is 6.00 Å². The maximum absolute atomic E-state index is 5.41. The fraction of sp³-hybridized carbons (Fsp3) is 0.833. The maximum atomic E-state index is 5.41. The monoisotopic (exact) mass is 259 g/mol. The molecule has 0 saturated carbocycles. The average Bonchev–Trinajstić information content (AvgIpc) is 1.64. The highest BCUT2D eigenvalue weighted by atomic mass is 127. The standard InChI is InChI=1S/C6H11ClIN/c1-6(2,3)5(8)9-4-7/h4H2,1-3H3/b9-5-. The minimum Gasteiger partial charge on any atom is -0.267 e. The van der Waals surface area contributed by atoms with Crippen molar-refractivity contribution >= 4 is 37.9 Å². The second kappa shape index (κ2) is 3.76. The lowest BCUT2D eigenvalue weighted by Crippen LogP contribution is -2.13. The summed E-state index contributed by atoms with van der Waals surface area (Å²) in [6, 6.07) is 0.371. The van der Waals surface area contributed by atoms with E-state index in [0.717, 1.165) is 3.72 Å². The van der Waals surface area contributed by atoms with Gasteiger partial charge in [-0.05, 0) is 22.6 Å². The molecule has 0 amide bonds. The molecule has 0 radical (unpaired) electrons. The van der Waals surface area contributed by atoms with Gasteiger partial charge in [-0.15, -0.1) is 11.6 Å². The van der Waals surface area contributed by atoms with Crippen molar-refractivity contribution in [1.82, 2.24) is 0 Å². The van der Waals surface area contributed by atoms with E-state index in [1.165, 1.54) is 0 Å². The Morgan fingerprint density at radius 2 is 2.00 bits per heavy atom. The van der Waals surface area contributed by atoms with Crippen LogP contribution in [-0.4, -0.2) is 9.72 Å². The molecule has 0 bridgehead atoms. The molecule has 1 nitrogen and oxygen atoms in total. The molecule has 54 valence electrons. The summed E-state index contributed by atoms with van der Waals surface area (Å²) in [5.41, 5.74) is 0.162. The number of hydrogen-bond acceptors (Lipinski definition) is 1. The third-order valence-corrected chi connectivity index (χ3v) is 2.90. The summed E-state index contributed by atoms with van der Waals surface area (Å²) in [5, 5.41) is 0. The highest BCUT2D eigenvalue weighted by molar-refractivity contribution is 14.1. The van der Waals surface area contributed by atoms with Crippen LogP contribution in [0.25, 0.3) is 0 Å². The summed E-state index contributed by atoms with van der Waals surface area (Å²) < 4.78 is 1.08. The van der Waals surface area contributed by atoms with E-state index < -0.39 is 0 Å². The van der Waals surface area contributed by atoms with Gasteiger partial charge in [-0.2, -0.15) is 0 Å². The van der Waals surface area contributed by atoms with Crippen molar-refractivity contribution in [2.45, 2.75) is 20.8 Å². The largest absolute Gasteiger partial charge is 0.267 e. The first-order valence-corrected chi connectivity index (χ1v) is 4.36. The zero-order valence-electron chi connectivity index (χ0n) is 5.91. The average molecular weight is 260 g/mol. The Bertz CT molecular complexity index is 115. The molecule has 3 heteroatoms. The molecule has 0 aromatic rings. The second-order valence-electron chi connectivity index (χ2n) is 2.82. The topological polar surface area (TPSA) is 12.4 Å². The Kier molecular flexibility index (Phi) is 4.05. The summed E-state index contributed by atoms with van der Waals surface area (Å²) in [6.07, 6.45) is 0. The molecule has 9 heavy (non-hydrogen) atoms. The minimum absolute atomic E-state index is 0.162. The number of hydrogen-bond donors (Lipinski definition) is 0. The number of alkyl halides is 1. The van der Waals surface area contributed by atoms with Gasteiger partial charge in [0, 0.05) is 5.41 Å². The fourth-order valence-corrected chi connectivity index (χ4v) is 0.781. The van der Waals surface area contributed by atoms with Crippen molar-refractivity contribution in [1.29, 1.82) is 0 Å². The van der Waals surface area contributed by atoms with Crippen LogP contribution in [0.1, 0.15) is 20.8 Å². The fourth-order valence-electron chi connectivity index (χ4n) is 0.290. The molecule has 0 unspecified atom stereocenters. The summed E-state index contributed by atoms with van der Waals surface area (Å²) in [6.45, 7) is 6.35.